The van der Waals surface area contributed by atoms with Crippen LogP contribution in [0.4, 0.5) is 11.6 Å². The molecule has 0 bridgehead atoms. The lowest BCUT2D eigenvalue weighted by atomic mass is 10.1. The molecule has 5 rings (SSSR count). The number of H-pyrrole nitrogens is 1. The summed E-state index contributed by atoms with van der Waals surface area (Å²) in [5, 5.41) is 10.0. The summed E-state index contributed by atoms with van der Waals surface area (Å²) >= 11 is 6.47. The van der Waals surface area contributed by atoms with Gasteiger partial charge in [-0.25, -0.2) is 4.98 Å². The summed E-state index contributed by atoms with van der Waals surface area (Å²) in [6.07, 6.45) is 1.54. The lowest BCUT2D eigenvalue weighted by molar-refractivity contribution is 0.0958. The molecular weight excluding hydrogens is 466 g/mol. The third-order valence-electron chi connectivity index (χ3n) is 5.79. The molecule has 180 valence electrons. The second-order valence-corrected chi connectivity index (χ2v) is 8.69. The molecule has 35 heavy (non-hydrogen) atoms. The molecule has 0 atom stereocenters. The Labute approximate surface area is 207 Å². The monoisotopic (exact) mass is 491 g/mol. The van der Waals surface area contributed by atoms with E-state index in [1.807, 2.05) is 30.3 Å². The lowest BCUT2D eigenvalue weighted by Crippen LogP contribution is -2.42. The van der Waals surface area contributed by atoms with Gasteiger partial charge in [-0.15, -0.1) is 0 Å². The summed E-state index contributed by atoms with van der Waals surface area (Å²) in [6, 6.07) is 14.8. The standard InChI is InChI=1S/C25H26ClN7O2/c1-27-24(34)23-14-19(6-7-29-23)35-18-3-5-21-22(13-18)32-25(31-21)30-17-2-4-20(26)16(12-17)15-33-10-8-28-9-11-33/h2-7,12-14,28H,8-11,15H2,1H3,(H,27,34)(H2,30,31,32). The molecule has 1 aliphatic heterocycles. The average Bonchev–Trinajstić information content (AvgIpc) is 3.28. The smallest absolute Gasteiger partial charge is 0.269 e. The fourth-order valence-electron chi connectivity index (χ4n) is 3.99. The molecule has 0 unspecified atom stereocenters. The Morgan fingerprint density at radius 3 is 2.77 bits per heavy atom. The number of aromatic nitrogens is 3. The highest BCUT2D eigenvalue weighted by Gasteiger charge is 2.13. The second kappa shape index (κ2) is 10.3. The molecule has 2 aromatic heterocycles. The van der Waals surface area contributed by atoms with Gasteiger partial charge in [0.2, 0.25) is 5.95 Å². The summed E-state index contributed by atoms with van der Waals surface area (Å²) < 4.78 is 5.94. The van der Waals surface area contributed by atoms with Gasteiger partial charge in [-0.05, 0) is 42.0 Å². The summed E-state index contributed by atoms with van der Waals surface area (Å²) in [5.74, 6) is 1.49. The number of halogens is 1. The maximum Gasteiger partial charge on any atom is 0.269 e. The summed E-state index contributed by atoms with van der Waals surface area (Å²) in [7, 11) is 1.56. The van der Waals surface area contributed by atoms with Crippen LogP contribution in [0.1, 0.15) is 16.1 Å². The largest absolute Gasteiger partial charge is 0.457 e. The molecule has 3 heterocycles. The zero-order valence-corrected chi connectivity index (χ0v) is 20.0. The number of nitrogens with one attached hydrogen (secondary N) is 4. The average molecular weight is 492 g/mol. The summed E-state index contributed by atoms with van der Waals surface area (Å²) in [6.45, 7) is 4.82. The third-order valence-corrected chi connectivity index (χ3v) is 6.16. The number of ether oxygens (including phenoxy) is 1. The second-order valence-electron chi connectivity index (χ2n) is 8.28. The lowest BCUT2D eigenvalue weighted by Gasteiger charge is -2.27. The number of amides is 1. The predicted molar refractivity (Wildman–Crippen MR) is 137 cm³/mol. The van der Waals surface area contributed by atoms with Crippen LogP contribution >= 0.6 is 11.6 Å². The van der Waals surface area contributed by atoms with Crippen molar-refractivity contribution in [2.75, 3.05) is 38.5 Å². The van der Waals surface area contributed by atoms with Gasteiger partial charge < -0.3 is 25.7 Å². The highest BCUT2D eigenvalue weighted by atomic mass is 35.5. The number of pyridine rings is 1. The van der Waals surface area contributed by atoms with E-state index in [1.54, 1.807) is 25.4 Å². The minimum Gasteiger partial charge on any atom is -0.457 e. The number of aromatic amines is 1. The number of piperazine rings is 1. The van der Waals surface area contributed by atoms with Crippen LogP contribution in [0.5, 0.6) is 11.5 Å². The SMILES string of the molecule is CNC(=O)c1cc(Oc2ccc3nc(Nc4ccc(Cl)c(CN5CCNCC5)c4)[nH]c3c2)ccn1. The van der Waals surface area contributed by atoms with E-state index in [0.717, 1.165) is 60.0 Å². The van der Waals surface area contributed by atoms with Gasteiger partial charge in [-0.2, -0.15) is 0 Å². The number of imidazole rings is 1. The number of anilines is 2. The third kappa shape index (κ3) is 5.54. The van der Waals surface area contributed by atoms with Crippen molar-refractivity contribution in [1.82, 2.24) is 30.5 Å². The van der Waals surface area contributed by atoms with Crippen LogP contribution in [0, 0.1) is 0 Å². The van der Waals surface area contributed by atoms with E-state index in [-0.39, 0.29) is 5.91 Å². The van der Waals surface area contributed by atoms with E-state index >= 15 is 0 Å². The number of hydrogen-bond donors (Lipinski definition) is 4. The van der Waals surface area contributed by atoms with E-state index in [9.17, 15) is 4.79 Å². The van der Waals surface area contributed by atoms with E-state index in [0.29, 0.717) is 23.1 Å². The number of carbonyl (C=O) groups is 1. The van der Waals surface area contributed by atoms with E-state index in [2.05, 4.69) is 41.9 Å². The first-order valence-corrected chi connectivity index (χ1v) is 11.8. The van der Waals surface area contributed by atoms with Crippen molar-refractivity contribution < 1.29 is 9.53 Å². The first-order valence-electron chi connectivity index (χ1n) is 11.4. The van der Waals surface area contributed by atoms with E-state index in [1.165, 1.54) is 0 Å². The maximum atomic E-state index is 11.8. The van der Waals surface area contributed by atoms with Crippen molar-refractivity contribution in [3.8, 4) is 11.5 Å². The first kappa shape index (κ1) is 23.1. The van der Waals surface area contributed by atoms with Gasteiger partial charge in [-0.3, -0.25) is 14.7 Å². The van der Waals surface area contributed by atoms with Gasteiger partial charge >= 0.3 is 0 Å². The van der Waals surface area contributed by atoms with E-state index in [4.69, 9.17) is 16.3 Å². The van der Waals surface area contributed by atoms with Crippen molar-refractivity contribution in [3.05, 3.63) is 71.0 Å². The number of hydrogen-bond acceptors (Lipinski definition) is 7. The molecule has 0 radical (unpaired) electrons. The fraction of sp³-hybridized carbons (Fsp3) is 0.240. The van der Waals surface area contributed by atoms with Crippen LogP contribution in [0.15, 0.2) is 54.7 Å². The van der Waals surface area contributed by atoms with Crippen LogP contribution in [-0.4, -0.2) is 59.0 Å². The zero-order valence-electron chi connectivity index (χ0n) is 19.3. The number of carbonyl (C=O) groups excluding carboxylic acids is 1. The fourth-order valence-corrected chi connectivity index (χ4v) is 4.17. The Hall–Kier alpha value is -3.66. The van der Waals surface area contributed by atoms with Crippen molar-refractivity contribution in [2.24, 2.45) is 0 Å². The zero-order chi connectivity index (χ0) is 24.2. The number of fused-ring (bicyclic) bond motifs is 1. The molecule has 10 heteroatoms. The molecule has 0 saturated carbocycles. The van der Waals surface area contributed by atoms with Crippen molar-refractivity contribution in [1.29, 1.82) is 0 Å². The van der Waals surface area contributed by atoms with Crippen LogP contribution in [0.2, 0.25) is 5.02 Å². The minimum atomic E-state index is -0.270. The summed E-state index contributed by atoms with van der Waals surface area (Å²) in [5.41, 5.74) is 3.90. The molecule has 9 nitrogen and oxygen atoms in total. The molecule has 2 aromatic carbocycles. The summed E-state index contributed by atoms with van der Waals surface area (Å²) in [4.78, 5) is 26.2. The molecule has 0 spiro atoms. The highest BCUT2D eigenvalue weighted by Crippen LogP contribution is 2.28. The molecule has 1 saturated heterocycles. The Morgan fingerprint density at radius 2 is 1.94 bits per heavy atom. The molecule has 1 aliphatic rings. The molecule has 0 aliphatic carbocycles. The van der Waals surface area contributed by atoms with Crippen molar-refractivity contribution >= 4 is 40.2 Å². The Bertz CT molecular complexity index is 1350. The Balaban J connectivity index is 1.31. The van der Waals surface area contributed by atoms with Gasteiger partial charge in [0.1, 0.15) is 17.2 Å². The first-order chi connectivity index (χ1) is 17.1. The predicted octanol–water partition coefficient (Wildman–Crippen LogP) is 3.91. The molecular formula is C25H26ClN7O2. The quantitative estimate of drug-likeness (QED) is 0.310. The Kier molecular flexibility index (Phi) is 6.80. The van der Waals surface area contributed by atoms with Crippen molar-refractivity contribution in [3.63, 3.8) is 0 Å². The number of benzene rings is 2. The number of rotatable bonds is 7. The molecule has 1 amide bonds. The van der Waals surface area contributed by atoms with Gasteiger partial charge in [-0.1, -0.05) is 11.6 Å². The normalized spacial score (nSPS) is 14.1. The topological polar surface area (TPSA) is 107 Å². The van der Waals surface area contributed by atoms with Crippen LogP contribution in [0.3, 0.4) is 0 Å². The van der Waals surface area contributed by atoms with Crippen LogP contribution in [0.25, 0.3) is 11.0 Å². The molecule has 4 aromatic rings. The van der Waals surface area contributed by atoms with E-state index < -0.39 is 0 Å². The minimum absolute atomic E-state index is 0.270. The maximum absolute atomic E-state index is 11.8. The number of nitrogens with zero attached hydrogens (tertiary/aromatic N) is 3. The molecule has 4 N–H and O–H groups in total. The van der Waals surface area contributed by atoms with Crippen molar-refractivity contribution in [2.45, 2.75) is 6.54 Å². The highest BCUT2D eigenvalue weighted by molar-refractivity contribution is 6.31. The van der Waals surface area contributed by atoms with Crippen LogP contribution < -0.4 is 20.7 Å². The van der Waals surface area contributed by atoms with Crippen LogP contribution in [-0.2, 0) is 6.54 Å². The van der Waals surface area contributed by atoms with Gasteiger partial charge in [0.15, 0.2) is 0 Å². The molecule has 1 fully saturated rings. The van der Waals surface area contributed by atoms with Gasteiger partial charge in [0, 0.05) is 68.8 Å². The Morgan fingerprint density at radius 1 is 1.11 bits per heavy atom. The van der Waals surface area contributed by atoms with Gasteiger partial charge in [0.05, 0.1) is 11.0 Å². The van der Waals surface area contributed by atoms with Gasteiger partial charge in [0.25, 0.3) is 5.91 Å².